The lowest BCUT2D eigenvalue weighted by molar-refractivity contribution is -0.161. The molecule has 342 valence electrons. The maximum Gasteiger partial charge on any atom is 0.472 e. The van der Waals surface area contributed by atoms with Gasteiger partial charge in [-0.1, -0.05) is 152 Å². The molecule has 0 saturated carbocycles. The van der Waals surface area contributed by atoms with Gasteiger partial charge in [-0.15, -0.1) is 0 Å². The summed E-state index contributed by atoms with van der Waals surface area (Å²) in [6.45, 7) is 3.78. The number of phosphoric ester groups is 2. The number of esters is 2. The van der Waals surface area contributed by atoms with Crippen molar-refractivity contribution in [3.05, 3.63) is 60.8 Å². The standard InChI is InChI=1S/C43H76O14P2/c1-4-5-6-7-20-25-30-39(44)31-26-21-16-13-14-17-22-27-32-42(46)53-36-41(37-56-59(51,52)55-35-40(45)34-54-58(48,49)50)57-43(47)33-28-23-18-12-10-8-9-11-15-19-24-29-38(2)3/h5-6,14,16-17,20-21,25-26,31,38-41,44-45H,4,7-13,15,18-19,22-24,27-30,32-37H2,1-3H3,(H,51,52)(H2,48,49,50)/b6-5-,17-14-,21-16-,25-20-,31-26+/t39?,40-,41+/m0/s1. The highest BCUT2D eigenvalue weighted by atomic mass is 31.2. The van der Waals surface area contributed by atoms with Crippen LogP contribution in [-0.4, -0.2) is 81.6 Å². The average Bonchev–Trinajstić information content (AvgIpc) is 3.17. The molecule has 0 aliphatic rings. The first-order chi connectivity index (χ1) is 28.1. The molecule has 0 fully saturated rings. The molecule has 59 heavy (non-hydrogen) atoms. The molecule has 0 aromatic carbocycles. The SMILES string of the molecule is CC/C=C\C/C=C\CC(O)/C=C/C=C\C/C=C\CCCC(=O)OC[C@H](COP(=O)(O)OC[C@@H](O)COP(=O)(O)O)OC(=O)CCCCCCCCCCCCCC(C)C. The summed E-state index contributed by atoms with van der Waals surface area (Å²) in [5, 5.41) is 19.7. The molecule has 14 nitrogen and oxygen atoms in total. The fraction of sp³-hybridized carbons (Fsp3) is 0.721. The van der Waals surface area contributed by atoms with Gasteiger partial charge in [-0.05, 0) is 50.9 Å². The maximum atomic E-state index is 12.6. The summed E-state index contributed by atoms with van der Waals surface area (Å²) < 4.78 is 47.6. The van der Waals surface area contributed by atoms with Gasteiger partial charge in [0, 0.05) is 12.8 Å². The predicted octanol–water partition coefficient (Wildman–Crippen LogP) is 9.67. The summed E-state index contributed by atoms with van der Waals surface area (Å²) in [6.07, 6.45) is 34.0. The number of allylic oxidation sites excluding steroid dienone is 8. The van der Waals surface area contributed by atoms with Crippen LogP contribution in [0.25, 0.3) is 0 Å². The fourth-order valence-electron chi connectivity index (χ4n) is 5.42. The zero-order valence-electron chi connectivity index (χ0n) is 35.9. The first kappa shape index (κ1) is 56.8. The van der Waals surface area contributed by atoms with Gasteiger partial charge in [0.05, 0.1) is 25.9 Å². The molecule has 0 aromatic rings. The molecule has 0 aliphatic heterocycles. The second-order valence-corrected chi connectivity index (χ2v) is 17.6. The van der Waals surface area contributed by atoms with Gasteiger partial charge in [0.25, 0.3) is 0 Å². The Bertz CT molecular complexity index is 1310. The largest absolute Gasteiger partial charge is 0.472 e. The lowest BCUT2D eigenvalue weighted by atomic mass is 10.0. The van der Waals surface area contributed by atoms with Crippen LogP contribution in [0.1, 0.15) is 149 Å². The van der Waals surface area contributed by atoms with Crippen molar-refractivity contribution in [3.8, 4) is 0 Å². The Morgan fingerprint density at radius 1 is 0.610 bits per heavy atom. The molecule has 2 unspecified atom stereocenters. The second-order valence-electron chi connectivity index (χ2n) is 14.9. The van der Waals surface area contributed by atoms with Gasteiger partial charge < -0.3 is 34.4 Å². The van der Waals surface area contributed by atoms with Crippen LogP contribution in [0.2, 0.25) is 0 Å². The van der Waals surface area contributed by atoms with Crippen LogP contribution in [0.4, 0.5) is 0 Å². The number of hydrogen-bond acceptors (Lipinski definition) is 11. The number of phosphoric acid groups is 2. The van der Waals surface area contributed by atoms with Crippen LogP contribution in [0.15, 0.2) is 60.8 Å². The zero-order chi connectivity index (χ0) is 44.0. The zero-order valence-corrected chi connectivity index (χ0v) is 37.6. The molecule has 4 atom stereocenters. The topological polar surface area (TPSA) is 216 Å². The summed E-state index contributed by atoms with van der Waals surface area (Å²) in [5.41, 5.74) is 0. The van der Waals surface area contributed by atoms with Gasteiger partial charge in [-0.2, -0.15) is 0 Å². The lowest BCUT2D eigenvalue weighted by Crippen LogP contribution is -2.30. The number of unbranched alkanes of at least 4 members (excludes halogenated alkanes) is 11. The molecule has 5 N–H and O–H groups in total. The smallest absolute Gasteiger partial charge is 0.462 e. The lowest BCUT2D eigenvalue weighted by Gasteiger charge is -2.20. The Balaban J connectivity index is 4.68. The molecular weight excluding hydrogens is 802 g/mol. The van der Waals surface area contributed by atoms with E-state index < -0.39 is 72.3 Å². The molecular formula is C43H76O14P2. The van der Waals surface area contributed by atoms with E-state index in [0.29, 0.717) is 32.1 Å². The summed E-state index contributed by atoms with van der Waals surface area (Å²) in [4.78, 5) is 52.6. The van der Waals surface area contributed by atoms with E-state index in [9.17, 15) is 33.8 Å². The first-order valence-electron chi connectivity index (χ1n) is 21.4. The van der Waals surface area contributed by atoms with Crippen LogP contribution in [0, 0.1) is 5.92 Å². The third-order valence-electron chi connectivity index (χ3n) is 8.67. The molecule has 16 heteroatoms. The van der Waals surface area contributed by atoms with Crippen LogP contribution < -0.4 is 0 Å². The summed E-state index contributed by atoms with van der Waals surface area (Å²) in [5.74, 6) is -0.369. The van der Waals surface area contributed by atoms with Crippen LogP contribution in [0.3, 0.4) is 0 Å². The van der Waals surface area contributed by atoms with Crippen molar-refractivity contribution in [1.29, 1.82) is 0 Å². The third-order valence-corrected chi connectivity index (χ3v) is 10.1. The van der Waals surface area contributed by atoms with E-state index in [1.165, 1.54) is 44.9 Å². The Morgan fingerprint density at radius 3 is 1.81 bits per heavy atom. The number of carbonyl (C=O) groups is 2. The van der Waals surface area contributed by atoms with Gasteiger partial charge in [-0.3, -0.25) is 23.2 Å². The van der Waals surface area contributed by atoms with Crippen molar-refractivity contribution in [2.24, 2.45) is 5.92 Å². The van der Waals surface area contributed by atoms with Gasteiger partial charge >= 0.3 is 27.6 Å². The second kappa shape index (κ2) is 37.5. The molecule has 0 aromatic heterocycles. The monoisotopic (exact) mass is 878 g/mol. The van der Waals surface area contributed by atoms with Crippen molar-refractivity contribution in [3.63, 3.8) is 0 Å². The number of ether oxygens (including phenoxy) is 2. The predicted molar refractivity (Wildman–Crippen MR) is 231 cm³/mol. The van der Waals surface area contributed by atoms with Crippen molar-refractivity contribution in [1.82, 2.24) is 0 Å². The molecule has 0 radical (unpaired) electrons. The van der Waals surface area contributed by atoms with E-state index in [0.717, 1.165) is 44.4 Å². The Kier molecular flexibility index (Phi) is 36.1. The van der Waals surface area contributed by atoms with Crippen molar-refractivity contribution >= 4 is 27.6 Å². The highest BCUT2D eigenvalue weighted by molar-refractivity contribution is 7.47. The number of aliphatic hydroxyl groups excluding tert-OH is 2. The normalized spacial score (nSPS) is 15.3. The maximum absolute atomic E-state index is 12.6. The Hall–Kier alpha value is -2.22. The van der Waals surface area contributed by atoms with Crippen LogP contribution in [-0.2, 0) is 41.8 Å². The molecule has 0 aliphatic carbocycles. The van der Waals surface area contributed by atoms with E-state index in [-0.39, 0.29) is 12.8 Å². The Labute approximate surface area is 354 Å². The summed E-state index contributed by atoms with van der Waals surface area (Å²) in [7, 11) is -9.71. The number of hydrogen-bond donors (Lipinski definition) is 5. The van der Waals surface area contributed by atoms with Crippen molar-refractivity contribution in [2.45, 2.75) is 167 Å². The van der Waals surface area contributed by atoms with Crippen molar-refractivity contribution < 1.29 is 66.7 Å². The molecule has 0 bridgehead atoms. The van der Waals surface area contributed by atoms with E-state index in [1.807, 2.05) is 36.5 Å². The van der Waals surface area contributed by atoms with Gasteiger partial charge in [0.1, 0.15) is 12.7 Å². The highest BCUT2D eigenvalue weighted by Crippen LogP contribution is 2.43. The molecule has 0 rings (SSSR count). The van der Waals surface area contributed by atoms with Crippen molar-refractivity contribution in [2.75, 3.05) is 26.4 Å². The quantitative estimate of drug-likeness (QED) is 0.0128. The molecule has 0 amide bonds. The average molecular weight is 879 g/mol. The molecule has 0 heterocycles. The minimum Gasteiger partial charge on any atom is -0.462 e. The Morgan fingerprint density at radius 2 is 1.17 bits per heavy atom. The minimum atomic E-state index is -4.88. The van der Waals surface area contributed by atoms with E-state index in [1.54, 1.807) is 12.2 Å². The molecule has 0 spiro atoms. The van der Waals surface area contributed by atoms with Gasteiger partial charge in [0.15, 0.2) is 6.10 Å². The van der Waals surface area contributed by atoms with Crippen LogP contribution in [0.5, 0.6) is 0 Å². The van der Waals surface area contributed by atoms with Gasteiger partial charge in [0.2, 0.25) is 0 Å². The summed E-state index contributed by atoms with van der Waals surface area (Å²) >= 11 is 0. The van der Waals surface area contributed by atoms with Gasteiger partial charge in [-0.25, -0.2) is 9.13 Å². The first-order valence-corrected chi connectivity index (χ1v) is 24.5. The third kappa shape index (κ3) is 42.3. The fourth-order valence-corrected chi connectivity index (χ4v) is 6.57. The number of aliphatic hydroxyl groups is 2. The van der Waals surface area contributed by atoms with E-state index in [2.05, 4.69) is 42.0 Å². The number of carbonyl (C=O) groups excluding carboxylic acids is 2. The van der Waals surface area contributed by atoms with E-state index in [4.69, 9.17) is 23.8 Å². The van der Waals surface area contributed by atoms with Crippen LogP contribution >= 0.6 is 15.6 Å². The molecule has 0 saturated heterocycles. The summed E-state index contributed by atoms with van der Waals surface area (Å²) in [6, 6.07) is 0. The van der Waals surface area contributed by atoms with E-state index >= 15 is 0 Å². The highest BCUT2D eigenvalue weighted by Gasteiger charge is 2.28. The minimum absolute atomic E-state index is 0.0835. The number of rotatable bonds is 39.